The molecule has 1 aliphatic rings. The maximum atomic E-state index is 12.2. The molecule has 3 rings (SSSR count). The van der Waals surface area contributed by atoms with Crippen molar-refractivity contribution < 1.29 is 36.3 Å². The lowest BCUT2D eigenvalue weighted by molar-refractivity contribution is -0.0505. The summed E-state index contributed by atoms with van der Waals surface area (Å²) in [6, 6.07) is 12.7. The minimum absolute atomic E-state index is 0.0993. The lowest BCUT2D eigenvalue weighted by atomic mass is 9.79. The van der Waals surface area contributed by atoms with Crippen LogP contribution in [0.15, 0.2) is 53.0 Å². The minimum atomic E-state index is -2.84. The normalized spacial score (nSPS) is 17.0. The van der Waals surface area contributed by atoms with Crippen molar-refractivity contribution in [3.63, 3.8) is 0 Å². The smallest absolute Gasteiger partial charge is 0.435 e. The van der Waals surface area contributed by atoms with Crippen molar-refractivity contribution >= 4 is 28.5 Å². The van der Waals surface area contributed by atoms with Crippen molar-refractivity contribution in [3.05, 3.63) is 53.0 Å². The summed E-state index contributed by atoms with van der Waals surface area (Å²) in [5.74, 6) is 0.261. The van der Waals surface area contributed by atoms with Crippen LogP contribution in [0, 0.1) is 0 Å². The molecule has 1 aliphatic heterocycles. The molecule has 4 nitrogen and oxygen atoms in total. The summed E-state index contributed by atoms with van der Waals surface area (Å²) >= 11 is 3.13. The predicted molar refractivity (Wildman–Crippen MR) is 110 cm³/mol. The third-order valence-electron chi connectivity index (χ3n) is 4.63. The monoisotopic (exact) mass is 492 g/mol. The number of ether oxygens (including phenoxy) is 2. The average molecular weight is 493 g/mol. The molecule has 0 atom stereocenters. The second-order valence-corrected chi connectivity index (χ2v) is 8.29. The van der Waals surface area contributed by atoms with Gasteiger partial charge in [-0.1, -0.05) is 34.1 Å². The topological polar surface area (TPSA) is 36.9 Å². The highest BCUT2D eigenvalue weighted by Gasteiger charge is 2.51. The molecule has 1 heterocycles. The van der Waals surface area contributed by atoms with Crippen LogP contribution in [0.25, 0.3) is 0 Å². The van der Waals surface area contributed by atoms with Crippen LogP contribution in [-0.4, -0.2) is 31.5 Å². The Labute approximate surface area is 181 Å². The van der Waals surface area contributed by atoms with Crippen LogP contribution in [0.1, 0.15) is 27.7 Å². The van der Waals surface area contributed by atoms with Crippen LogP contribution in [0.2, 0.25) is 0 Å². The molecule has 0 N–H and O–H groups in total. The molecule has 2 aromatic rings. The van der Waals surface area contributed by atoms with E-state index in [1.54, 1.807) is 24.3 Å². The highest BCUT2D eigenvalue weighted by Crippen LogP contribution is 2.36. The van der Waals surface area contributed by atoms with E-state index in [9.17, 15) is 17.6 Å². The van der Waals surface area contributed by atoms with Crippen LogP contribution < -0.4 is 14.9 Å². The van der Waals surface area contributed by atoms with Crippen molar-refractivity contribution in [2.75, 3.05) is 0 Å². The standard InChI is InChI=1S/C13H17BF2O3.C7H5BrF2O/c1-12(2)13(3,4)19-14(18-12)9-6-5-7-10(8-9)17-11(15)16;8-5-2-1-3-6(4-5)11-7(9)10/h5-8,11H,1-4H3;1-4,7H. The van der Waals surface area contributed by atoms with Gasteiger partial charge in [-0.3, -0.25) is 0 Å². The van der Waals surface area contributed by atoms with E-state index < -0.39 is 31.5 Å². The Morgan fingerprint density at radius 2 is 1.27 bits per heavy atom. The van der Waals surface area contributed by atoms with E-state index in [0.717, 1.165) is 4.47 Å². The maximum absolute atomic E-state index is 12.2. The van der Waals surface area contributed by atoms with Gasteiger partial charge in [0, 0.05) is 4.47 Å². The molecule has 0 spiro atoms. The molecular weight excluding hydrogens is 471 g/mol. The average Bonchev–Trinajstić information content (AvgIpc) is 2.82. The van der Waals surface area contributed by atoms with E-state index in [2.05, 4.69) is 25.4 Å². The van der Waals surface area contributed by atoms with Crippen molar-refractivity contribution in [2.24, 2.45) is 0 Å². The molecule has 0 unspecified atom stereocenters. The first-order valence-corrected chi connectivity index (χ1v) is 9.80. The molecule has 30 heavy (non-hydrogen) atoms. The molecule has 0 aliphatic carbocycles. The number of rotatable bonds is 5. The fraction of sp³-hybridized carbons (Fsp3) is 0.400. The third kappa shape index (κ3) is 6.89. The van der Waals surface area contributed by atoms with Crippen LogP contribution in [0.4, 0.5) is 17.6 Å². The quantitative estimate of drug-likeness (QED) is 0.400. The van der Waals surface area contributed by atoms with Crippen molar-refractivity contribution in [1.29, 1.82) is 0 Å². The fourth-order valence-corrected chi connectivity index (χ4v) is 2.84. The first-order valence-electron chi connectivity index (χ1n) is 9.00. The van der Waals surface area contributed by atoms with E-state index >= 15 is 0 Å². The van der Waals surface area contributed by atoms with Crippen LogP contribution >= 0.6 is 15.9 Å². The first-order chi connectivity index (χ1) is 13.9. The van der Waals surface area contributed by atoms with Gasteiger partial charge < -0.3 is 18.8 Å². The van der Waals surface area contributed by atoms with E-state index in [1.807, 2.05) is 27.7 Å². The van der Waals surface area contributed by atoms with E-state index in [-0.39, 0.29) is 11.5 Å². The lowest BCUT2D eigenvalue weighted by Crippen LogP contribution is -2.41. The second kappa shape index (κ2) is 10.0. The number of halogens is 5. The van der Waals surface area contributed by atoms with Gasteiger partial charge in [0.15, 0.2) is 0 Å². The van der Waals surface area contributed by atoms with Crippen molar-refractivity contribution in [2.45, 2.75) is 52.1 Å². The summed E-state index contributed by atoms with van der Waals surface area (Å²) < 4.78 is 68.5. The van der Waals surface area contributed by atoms with Gasteiger partial charge >= 0.3 is 20.3 Å². The van der Waals surface area contributed by atoms with E-state index in [0.29, 0.717) is 5.46 Å². The zero-order valence-corrected chi connectivity index (χ0v) is 18.5. The van der Waals surface area contributed by atoms with Crippen molar-refractivity contribution in [1.82, 2.24) is 0 Å². The molecule has 1 saturated heterocycles. The Morgan fingerprint density at radius 3 is 1.73 bits per heavy atom. The van der Waals surface area contributed by atoms with Gasteiger partial charge in [-0.2, -0.15) is 17.6 Å². The third-order valence-corrected chi connectivity index (χ3v) is 5.12. The van der Waals surface area contributed by atoms with Gasteiger partial charge in [0.1, 0.15) is 11.5 Å². The summed E-state index contributed by atoms with van der Waals surface area (Å²) in [6.07, 6.45) is 0. The summed E-state index contributed by atoms with van der Waals surface area (Å²) in [7, 11) is -0.578. The molecule has 10 heteroatoms. The summed E-state index contributed by atoms with van der Waals surface area (Å²) in [5, 5.41) is 0. The first kappa shape index (κ1) is 24.5. The van der Waals surface area contributed by atoms with E-state index in [1.165, 1.54) is 24.3 Å². The van der Waals surface area contributed by atoms with Gasteiger partial charge in [-0.05, 0) is 63.5 Å². The maximum Gasteiger partial charge on any atom is 0.494 e. The van der Waals surface area contributed by atoms with E-state index in [4.69, 9.17) is 9.31 Å². The van der Waals surface area contributed by atoms with Crippen LogP contribution in [0.5, 0.6) is 11.5 Å². The second-order valence-electron chi connectivity index (χ2n) is 7.38. The highest BCUT2D eigenvalue weighted by molar-refractivity contribution is 9.10. The molecule has 0 amide bonds. The molecule has 2 aromatic carbocycles. The van der Waals surface area contributed by atoms with Crippen LogP contribution in [0.3, 0.4) is 0 Å². The molecule has 164 valence electrons. The largest absolute Gasteiger partial charge is 0.494 e. The molecule has 1 fully saturated rings. The molecule has 0 radical (unpaired) electrons. The fourth-order valence-electron chi connectivity index (χ4n) is 2.46. The molecular formula is C20H22BBrF4O4. The Bertz CT molecular complexity index is 820. The van der Waals surface area contributed by atoms with Gasteiger partial charge in [-0.25, -0.2) is 0 Å². The summed E-state index contributed by atoms with van der Waals surface area (Å²) in [4.78, 5) is 0. The SMILES string of the molecule is CC1(C)OB(c2cccc(OC(F)F)c2)OC1(C)C.FC(F)Oc1cccc(Br)c1. The Balaban J connectivity index is 0.000000248. The number of alkyl halides is 4. The summed E-state index contributed by atoms with van der Waals surface area (Å²) in [6.45, 7) is 2.15. The number of hydrogen-bond donors (Lipinski definition) is 0. The number of benzene rings is 2. The molecule has 0 saturated carbocycles. The molecule has 0 aromatic heterocycles. The van der Waals surface area contributed by atoms with Gasteiger partial charge in [-0.15, -0.1) is 0 Å². The highest BCUT2D eigenvalue weighted by atomic mass is 79.9. The Kier molecular flexibility index (Phi) is 8.18. The van der Waals surface area contributed by atoms with Gasteiger partial charge in [0.25, 0.3) is 0 Å². The molecule has 0 bridgehead atoms. The lowest BCUT2D eigenvalue weighted by Gasteiger charge is -2.32. The zero-order chi connectivity index (χ0) is 22.5. The Morgan fingerprint density at radius 1 is 0.800 bits per heavy atom. The summed E-state index contributed by atoms with van der Waals surface area (Å²) in [5.41, 5.74) is -0.258. The Hall–Kier alpha value is -1.78. The van der Waals surface area contributed by atoms with Crippen molar-refractivity contribution in [3.8, 4) is 11.5 Å². The number of hydrogen-bond acceptors (Lipinski definition) is 4. The van der Waals surface area contributed by atoms with Crippen LogP contribution in [-0.2, 0) is 9.31 Å². The minimum Gasteiger partial charge on any atom is -0.435 e. The predicted octanol–water partition coefficient (Wildman–Crippen LogP) is 5.64. The zero-order valence-electron chi connectivity index (χ0n) is 16.9. The van der Waals surface area contributed by atoms with Gasteiger partial charge in [0.05, 0.1) is 11.2 Å². The van der Waals surface area contributed by atoms with Gasteiger partial charge in [0.2, 0.25) is 0 Å².